The Hall–Kier alpha value is -3.20. The van der Waals surface area contributed by atoms with Crippen LogP contribution < -0.4 is 10.6 Å². The molecule has 0 aliphatic carbocycles. The van der Waals surface area contributed by atoms with Gasteiger partial charge in [0.05, 0.1) is 0 Å². The van der Waals surface area contributed by atoms with Crippen LogP contribution in [-0.4, -0.2) is 52.4 Å². The van der Waals surface area contributed by atoms with Crippen molar-refractivity contribution in [2.24, 2.45) is 0 Å². The zero-order valence-corrected chi connectivity index (χ0v) is 21.3. The predicted octanol–water partition coefficient (Wildman–Crippen LogP) is 3.97. The normalized spacial score (nSPS) is 12.9. The fraction of sp³-hybridized carbons (Fsp3) is 0.400. The smallest absolute Gasteiger partial charge is 0.408 e. The van der Waals surface area contributed by atoms with Crippen molar-refractivity contribution in [1.82, 2.24) is 10.2 Å². The van der Waals surface area contributed by atoms with Gasteiger partial charge in [-0.1, -0.05) is 30.3 Å². The van der Waals surface area contributed by atoms with Crippen LogP contribution in [0.1, 0.15) is 43.5 Å². The molecule has 184 valence electrons. The molecular weight excluding hydrogens is 454 g/mol. The minimum atomic E-state index is -1.08. The summed E-state index contributed by atoms with van der Waals surface area (Å²) >= 11 is 4.21. The molecule has 0 saturated carbocycles. The van der Waals surface area contributed by atoms with Crippen LogP contribution >= 0.6 is 12.6 Å². The number of benzene rings is 2. The van der Waals surface area contributed by atoms with E-state index in [-0.39, 0.29) is 11.5 Å². The van der Waals surface area contributed by atoms with Crippen molar-refractivity contribution in [2.75, 3.05) is 18.1 Å². The van der Waals surface area contributed by atoms with E-state index >= 15 is 0 Å². The van der Waals surface area contributed by atoms with Gasteiger partial charge in [-0.15, -0.1) is 0 Å². The molecule has 2 aromatic rings. The van der Waals surface area contributed by atoms with Crippen LogP contribution in [0.5, 0.6) is 5.75 Å². The maximum atomic E-state index is 13.5. The second-order valence-corrected chi connectivity index (χ2v) is 9.45. The highest BCUT2D eigenvalue weighted by atomic mass is 32.1. The molecule has 34 heavy (non-hydrogen) atoms. The Balaban J connectivity index is 2.37. The number of likely N-dealkylation sites (N-methyl/N-ethyl adjacent to an activating group) is 1. The summed E-state index contributed by atoms with van der Waals surface area (Å²) in [4.78, 5) is 40.3. The quantitative estimate of drug-likeness (QED) is 0.442. The molecule has 0 aromatic heterocycles. The fourth-order valence-electron chi connectivity index (χ4n) is 3.46. The largest absolute Gasteiger partial charge is 0.508 e. The first-order valence-electron chi connectivity index (χ1n) is 10.9. The number of hydrogen-bond donors (Lipinski definition) is 4. The van der Waals surface area contributed by atoms with Crippen LogP contribution in [0, 0.1) is 13.8 Å². The van der Waals surface area contributed by atoms with Crippen LogP contribution in [0.15, 0.2) is 42.5 Å². The lowest BCUT2D eigenvalue weighted by atomic mass is 10.0. The molecule has 2 unspecified atom stereocenters. The van der Waals surface area contributed by atoms with Crippen molar-refractivity contribution >= 4 is 36.2 Å². The minimum absolute atomic E-state index is 0.00625. The molecule has 0 spiro atoms. The topological polar surface area (TPSA) is 108 Å². The molecule has 0 aliphatic heterocycles. The Kier molecular flexibility index (Phi) is 8.98. The molecule has 2 aromatic carbocycles. The van der Waals surface area contributed by atoms with Crippen molar-refractivity contribution in [3.05, 3.63) is 59.2 Å². The number of thiol groups is 1. The summed E-state index contributed by atoms with van der Waals surface area (Å²) in [6, 6.07) is 9.68. The van der Waals surface area contributed by atoms with Crippen molar-refractivity contribution < 1.29 is 24.2 Å². The monoisotopic (exact) mass is 487 g/mol. The van der Waals surface area contributed by atoms with E-state index in [0.29, 0.717) is 11.3 Å². The lowest BCUT2D eigenvalue weighted by Crippen LogP contribution is -2.52. The number of amides is 3. The maximum absolute atomic E-state index is 13.5. The number of ether oxygens (including phenoxy) is 1. The van der Waals surface area contributed by atoms with E-state index in [4.69, 9.17) is 4.74 Å². The summed E-state index contributed by atoms with van der Waals surface area (Å²) in [6.45, 7) is 8.90. The summed E-state index contributed by atoms with van der Waals surface area (Å²) < 4.78 is 5.25. The van der Waals surface area contributed by atoms with Gasteiger partial charge < -0.3 is 25.4 Å². The third kappa shape index (κ3) is 7.15. The van der Waals surface area contributed by atoms with Crippen LogP contribution in [-0.2, 0) is 14.3 Å². The molecule has 0 aliphatic rings. The highest BCUT2D eigenvalue weighted by Gasteiger charge is 2.34. The highest BCUT2D eigenvalue weighted by molar-refractivity contribution is 7.80. The Morgan fingerprint density at radius 3 is 2.21 bits per heavy atom. The molecular formula is C25H33N3O5S. The molecule has 2 rings (SSSR count). The molecule has 0 radical (unpaired) electrons. The van der Waals surface area contributed by atoms with E-state index in [1.165, 1.54) is 24.1 Å². The predicted molar refractivity (Wildman–Crippen MR) is 135 cm³/mol. The van der Waals surface area contributed by atoms with Gasteiger partial charge in [-0.05, 0) is 63.4 Å². The number of aromatic hydroxyl groups is 1. The summed E-state index contributed by atoms with van der Waals surface area (Å²) in [5.41, 5.74) is 2.06. The lowest BCUT2D eigenvalue weighted by Gasteiger charge is -2.31. The molecule has 8 nitrogen and oxygen atoms in total. The second kappa shape index (κ2) is 11.3. The van der Waals surface area contributed by atoms with Crippen LogP contribution in [0.2, 0.25) is 0 Å². The molecule has 0 saturated heterocycles. The zero-order valence-electron chi connectivity index (χ0n) is 20.4. The number of phenols is 1. The van der Waals surface area contributed by atoms with E-state index in [1.54, 1.807) is 32.9 Å². The molecule has 9 heteroatoms. The van der Waals surface area contributed by atoms with Gasteiger partial charge in [0, 0.05) is 18.5 Å². The summed E-state index contributed by atoms with van der Waals surface area (Å²) in [7, 11) is 1.47. The molecule has 0 heterocycles. The van der Waals surface area contributed by atoms with Crippen molar-refractivity contribution in [2.45, 2.75) is 52.3 Å². The van der Waals surface area contributed by atoms with Gasteiger partial charge in [-0.3, -0.25) is 9.59 Å². The van der Waals surface area contributed by atoms with Crippen LogP contribution in [0.4, 0.5) is 10.5 Å². The second-order valence-electron chi connectivity index (χ2n) is 9.08. The Labute approximate surface area is 206 Å². The van der Waals surface area contributed by atoms with Gasteiger partial charge in [0.2, 0.25) is 5.91 Å². The third-order valence-corrected chi connectivity index (χ3v) is 5.44. The van der Waals surface area contributed by atoms with Gasteiger partial charge >= 0.3 is 6.09 Å². The molecule has 3 amide bonds. The van der Waals surface area contributed by atoms with Gasteiger partial charge in [0.1, 0.15) is 23.4 Å². The van der Waals surface area contributed by atoms with E-state index in [2.05, 4.69) is 23.3 Å². The number of carbonyl (C=O) groups is 3. The van der Waals surface area contributed by atoms with Crippen molar-refractivity contribution in [3.63, 3.8) is 0 Å². The Bertz CT molecular complexity index is 1030. The number of nitrogens with one attached hydrogen (secondary N) is 2. The van der Waals surface area contributed by atoms with Gasteiger partial charge in [0.15, 0.2) is 0 Å². The first-order valence-corrected chi connectivity index (χ1v) is 11.5. The van der Waals surface area contributed by atoms with E-state index in [1.807, 2.05) is 32.0 Å². The van der Waals surface area contributed by atoms with Crippen molar-refractivity contribution in [3.8, 4) is 5.75 Å². The van der Waals surface area contributed by atoms with Gasteiger partial charge in [-0.25, -0.2) is 4.79 Å². The van der Waals surface area contributed by atoms with Crippen LogP contribution in [0.3, 0.4) is 0 Å². The summed E-state index contributed by atoms with van der Waals surface area (Å²) in [6.07, 6.45) is -0.762. The molecule has 0 bridgehead atoms. The molecule has 3 N–H and O–H groups in total. The number of nitrogens with zero attached hydrogens (tertiary/aromatic N) is 1. The third-order valence-electron chi connectivity index (χ3n) is 5.07. The standard InChI is InChI=1S/C25H33N3O5S/c1-15-9-7-10-16(2)20(15)27-22(30)21(17-11-8-12-18(29)13-17)28(6)23(31)19(14-34)26-24(32)33-25(3,4)5/h7-13,19,21,29,34H,14H2,1-6H3,(H,26,32)(H,27,30). The zero-order chi connectivity index (χ0) is 25.6. The summed E-state index contributed by atoms with van der Waals surface area (Å²) in [5, 5.41) is 15.4. The first-order chi connectivity index (χ1) is 15.8. The van der Waals surface area contributed by atoms with E-state index in [0.717, 1.165) is 11.1 Å². The van der Waals surface area contributed by atoms with Crippen molar-refractivity contribution in [1.29, 1.82) is 0 Å². The van der Waals surface area contributed by atoms with Crippen LogP contribution in [0.25, 0.3) is 0 Å². The number of hydrogen-bond acceptors (Lipinski definition) is 6. The first kappa shape index (κ1) is 27.0. The maximum Gasteiger partial charge on any atom is 0.408 e. The number of rotatable bonds is 7. The number of alkyl carbamates (subject to hydrolysis) is 1. The Morgan fingerprint density at radius 1 is 1.09 bits per heavy atom. The number of aryl methyl sites for hydroxylation is 2. The SMILES string of the molecule is Cc1cccc(C)c1NC(=O)C(c1cccc(O)c1)N(C)C(=O)C(CS)NC(=O)OC(C)(C)C. The number of para-hydroxylation sites is 1. The number of anilines is 1. The fourth-order valence-corrected chi connectivity index (χ4v) is 3.70. The number of carbonyl (C=O) groups excluding carboxylic acids is 3. The molecule has 2 atom stereocenters. The minimum Gasteiger partial charge on any atom is -0.508 e. The number of phenolic OH excluding ortho intramolecular Hbond substituents is 1. The van der Waals surface area contributed by atoms with E-state index in [9.17, 15) is 19.5 Å². The average molecular weight is 488 g/mol. The average Bonchev–Trinajstić information content (AvgIpc) is 2.73. The summed E-state index contributed by atoms with van der Waals surface area (Å²) in [5.74, 6) is -1.05. The van der Waals surface area contributed by atoms with Gasteiger partial charge in [0.25, 0.3) is 5.91 Å². The Morgan fingerprint density at radius 2 is 1.68 bits per heavy atom. The van der Waals surface area contributed by atoms with Gasteiger partial charge in [-0.2, -0.15) is 12.6 Å². The molecule has 0 fully saturated rings. The highest BCUT2D eigenvalue weighted by Crippen LogP contribution is 2.27. The lowest BCUT2D eigenvalue weighted by molar-refractivity contribution is -0.138. The van der Waals surface area contributed by atoms with E-state index < -0.39 is 35.6 Å².